The maximum atomic E-state index is 13.1. The van der Waals surface area contributed by atoms with E-state index in [1.54, 1.807) is 11.9 Å². The standard InChI is InChI=1S/C28H34N2O5/c1-3-18-12-14-19(15-13-18)30(2)27(33)25(16-26(31)32)29-28(34)35-17-24-22-10-6-4-8-20(22)21-9-5-7-11-23(21)24/h4-11,18-19,24-25H,3,12-17H2,1-2H3,(H,29,34)(H,31,32). The fraction of sp³-hybridized carbons (Fsp3) is 0.464. The van der Waals surface area contributed by atoms with Crippen LogP contribution in [0.4, 0.5) is 4.79 Å². The van der Waals surface area contributed by atoms with Crippen molar-refractivity contribution in [2.45, 2.75) is 63.5 Å². The second-order valence-electron chi connectivity index (χ2n) is 9.65. The zero-order valence-electron chi connectivity index (χ0n) is 20.4. The number of carbonyl (C=O) groups excluding carboxylic acids is 2. The molecule has 0 aliphatic heterocycles. The third kappa shape index (κ3) is 5.50. The summed E-state index contributed by atoms with van der Waals surface area (Å²) in [5, 5.41) is 11.9. The Labute approximate surface area is 206 Å². The molecule has 1 fully saturated rings. The number of nitrogens with one attached hydrogen (secondary N) is 1. The molecule has 1 unspecified atom stereocenters. The third-order valence-corrected chi connectivity index (χ3v) is 7.60. The number of alkyl carbamates (subject to hydrolysis) is 1. The number of carboxylic acids is 1. The lowest BCUT2D eigenvalue weighted by atomic mass is 9.84. The molecule has 7 nitrogen and oxygen atoms in total. The number of hydrogen-bond acceptors (Lipinski definition) is 4. The van der Waals surface area contributed by atoms with E-state index in [4.69, 9.17) is 4.74 Å². The van der Waals surface area contributed by atoms with Gasteiger partial charge in [-0.15, -0.1) is 0 Å². The molecule has 2 aromatic carbocycles. The van der Waals surface area contributed by atoms with E-state index in [0.717, 1.165) is 54.4 Å². The second kappa shape index (κ2) is 10.9. The van der Waals surface area contributed by atoms with Gasteiger partial charge < -0.3 is 20.1 Å². The number of likely N-dealkylation sites (N-methyl/N-ethyl adjacent to an activating group) is 1. The number of benzene rings is 2. The Morgan fingerprint density at radius 1 is 1.00 bits per heavy atom. The molecule has 1 saturated carbocycles. The summed E-state index contributed by atoms with van der Waals surface area (Å²) in [5.74, 6) is -0.965. The van der Waals surface area contributed by atoms with Crippen LogP contribution in [0.5, 0.6) is 0 Å². The van der Waals surface area contributed by atoms with Gasteiger partial charge >= 0.3 is 12.1 Å². The van der Waals surface area contributed by atoms with Crippen LogP contribution >= 0.6 is 0 Å². The van der Waals surface area contributed by atoms with E-state index in [-0.39, 0.29) is 24.5 Å². The summed E-state index contributed by atoms with van der Waals surface area (Å²) in [6.07, 6.45) is 3.77. The van der Waals surface area contributed by atoms with Crippen LogP contribution in [0.1, 0.15) is 62.5 Å². The fourth-order valence-corrected chi connectivity index (χ4v) is 5.52. The largest absolute Gasteiger partial charge is 0.481 e. The minimum atomic E-state index is -1.17. The highest BCUT2D eigenvalue weighted by Crippen LogP contribution is 2.44. The van der Waals surface area contributed by atoms with Crippen LogP contribution in [0, 0.1) is 5.92 Å². The molecular formula is C28H34N2O5. The van der Waals surface area contributed by atoms with Crippen LogP contribution < -0.4 is 5.32 Å². The molecule has 35 heavy (non-hydrogen) atoms. The first-order valence-corrected chi connectivity index (χ1v) is 12.5. The third-order valence-electron chi connectivity index (χ3n) is 7.60. The van der Waals surface area contributed by atoms with E-state index in [1.165, 1.54) is 0 Å². The molecule has 0 bridgehead atoms. The molecule has 2 aliphatic rings. The maximum absolute atomic E-state index is 13.1. The van der Waals surface area contributed by atoms with Crippen LogP contribution in [0.2, 0.25) is 0 Å². The summed E-state index contributed by atoms with van der Waals surface area (Å²) in [5.41, 5.74) is 4.41. The highest BCUT2D eigenvalue weighted by atomic mass is 16.5. The topological polar surface area (TPSA) is 95.9 Å². The van der Waals surface area contributed by atoms with Crippen LogP contribution in [-0.2, 0) is 14.3 Å². The minimum absolute atomic E-state index is 0.0610. The number of hydrogen-bond donors (Lipinski definition) is 2. The van der Waals surface area contributed by atoms with E-state index in [0.29, 0.717) is 5.92 Å². The first-order chi connectivity index (χ1) is 16.9. The Kier molecular flexibility index (Phi) is 7.73. The monoisotopic (exact) mass is 478 g/mol. The summed E-state index contributed by atoms with van der Waals surface area (Å²) in [6, 6.07) is 15.0. The van der Waals surface area contributed by atoms with Gasteiger partial charge in [-0.05, 0) is 53.9 Å². The number of amides is 2. The number of rotatable bonds is 8. The molecule has 0 radical (unpaired) electrons. The molecule has 2 aliphatic carbocycles. The molecule has 0 aromatic heterocycles. The first-order valence-electron chi connectivity index (χ1n) is 12.5. The normalized spacial score (nSPS) is 19.8. The number of carboxylic acid groups (broad SMARTS) is 1. The fourth-order valence-electron chi connectivity index (χ4n) is 5.52. The summed E-state index contributed by atoms with van der Waals surface area (Å²) in [4.78, 5) is 38.9. The van der Waals surface area contributed by atoms with Crippen LogP contribution in [-0.4, -0.2) is 53.7 Å². The van der Waals surface area contributed by atoms with E-state index in [9.17, 15) is 19.5 Å². The smallest absolute Gasteiger partial charge is 0.407 e. The second-order valence-corrected chi connectivity index (χ2v) is 9.65. The molecule has 1 atom stereocenters. The molecule has 186 valence electrons. The Morgan fingerprint density at radius 3 is 2.11 bits per heavy atom. The van der Waals surface area contributed by atoms with E-state index in [2.05, 4.69) is 24.4 Å². The molecule has 2 amide bonds. The Bertz CT molecular complexity index is 1030. The lowest BCUT2D eigenvalue weighted by Crippen LogP contribution is -2.52. The number of aliphatic carboxylic acids is 1. The van der Waals surface area contributed by atoms with Gasteiger partial charge in [0.05, 0.1) is 6.42 Å². The van der Waals surface area contributed by atoms with Crippen molar-refractivity contribution in [1.82, 2.24) is 10.2 Å². The lowest BCUT2D eigenvalue weighted by Gasteiger charge is -2.36. The van der Waals surface area contributed by atoms with Crippen molar-refractivity contribution in [2.75, 3.05) is 13.7 Å². The highest BCUT2D eigenvalue weighted by molar-refractivity contribution is 5.89. The van der Waals surface area contributed by atoms with Gasteiger partial charge in [0, 0.05) is 19.0 Å². The summed E-state index contributed by atoms with van der Waals surface area (Å²) in [6.45, 7) is 2.28. The van der Waals surface area contributed by atoms with E-state index >= 15 is 0 Å². The van der Waals surface area contributed by atoms with Gasteiger partial charge in [0.1, 0.15) is 12.6 Å². The lowest BCUT2D eigenvalue weighted by molar-refractivity contribution is -0.143. The van der Waals surface area contributed by atoms with Gasteiger partial charge in [-0.1, -0.05) is 61.9 Å². The SMILES string of the molecule is CCC1CCC(N(C)C(=O)C(CC(=O)O)NC(=O)OCC2c3ccccc3-c3ccccc32)CC1. The van der Waals surface area contributed by atoms with E-state index < -0.39 is 24.5 Å². The number of ether oxygens (including phenoxy) is 1. The van der Waals surface area contributed by atoms with Crippen molar-refractivity contribution in [3.63, 3.8) is 0 Å². The van der Waals surface area contributed by atoms with Crippen LogP contribution in [0.25, 0.3) is 11.1 Å². The predicted octanol–water partition coefficient (Wildman–Crippen LogP) is 4.80. The van der Waals surface area contributed by atoms with Gasteiger partial charge in [-0.25, -0.2) is 4.79 Å². The molecule has 2 N–H and O–H groups in total. The number of carbonyl (C=O) groups is 3. The minimum Gasteiger partial charge on any atom is -0.481 e. The molecule has 7 heteroatoms. The van der Waals surface area contributed by atoms with E-state index in [1.807, 2.05) is 36.4 Å². The van der Waals surface area contributed by atoms with Crippen molar-refractivity contribution in [3.8, 4) is 11.1 Å². The highest BCUT2D eigenvalue weighted by Gasteiger charge is 2.33. The predicted molar refractivity (Wildman–Crippen MR) is 133 cm³/mol. The van der Waals surface area contributed by atoms with Crippen molar-refractivity contribution < 1.29 is 24.2 Å². The van der Waals surface area contributed by atoms with Gasteiger partial charge in [-0.2, -0.15) is 0 Å². The molecule has 0 spiro atoms. The Balaban J connectivity index is 1.39. The Morgan fingerprint density at radius 2 is 1.57 bits per heavy atom. The van der Waals surface area contributed by atoms with Gasteiger partial charge in [-0.3, -0.25) is 9.59 Å². The molecule has 2 aromatic rings. The van der Waals surface area contributed by atoms with Gasteiger partial charge in [0.25, 0.3) is 0 Å². The quantitative estimate of drug-likeness (QED) is 0.568. The molecule has 0 saturated heterocycles. The van der Waals surface area contributed by atoms with Crippen molar-refractivity contribution >= 4 is 18.0 Å². The average Bonchev–Trinajstić information content (AvgIpc) is 3.19. The zero-order valence-corrected chi connectivity index (χ0v) is 20.4. The number of nitrogens with zero attached hydrogens (tertiary/aromatic N) is 1. The first kappa shape index (κ1) is 24.8. The molecule has 4 rings (SSSR count). The van der Waals surface area contributed by atoms with Crippen LogP contribution in [0.15, 0.2) is 48.5 Å². The van der Waals surface area contributed by atoms with Crippen molar-refractivity contribution in [3.05, 3.63) is 59.7 Å². The summed E-state index contributed by atoms with van der Waals surface area (Å²) >= 11 is 0. The zero-order chi connectivity index (χ0) is 24.9. The van der Waals surface area contributed by atoms with Gasteiger partial charge in [0.2, 0.25) is 5.91 Å². The maximum Gasteiger partial charge on any atom is 0.407 e. The molecular weight excluding hydrogens is 444 g/mol. The summed E-state index contributed by atoms with van der Waals surface area (Å²) in [7, 11) is 1.70. The number of fused-ring (bicyclic) bond motifs is 3. The average molecular weight is 479 g/mol. The molecule has 0 heterocycles. The summed E-state index contributed by atoms with van der Waals surface area (Å²) < 4.78 is 5.54. The van der Waals surface area contributed by atoms with Crippen LogP contribution in [0.3, 0.4) is 0 Å². The van der Waals surface area contributed by atoms with Crippen molar-refractivity contribution in [1.29, 1.82) is 0 Å². The van der Waals surface area contributed by atoms with Crippen molar-refractivity contribution in [2.24, 2.45) is 5.92 Å². The Hall–Kier alpha value is -3.35. The van der Waals surface area contributed by atoms with Gasteiger partial charge in [0.15, 0.2) is 0 Å².